The molecule has 0 spiro atoms. The van der Waals surface area contributed by atoms with Crippen LogP contribution in [0.4, 0.5) is 10.1 Å². The second kappa shape index (κ2) is 6.64. The molecule has 0 unspecified atom stereocenters. The summed E-state index contributed by atoms with van der Waals surface area (Å²) in [5, 5.41) is 15.4. The summed E-state index contributed by atoms with van der Waals surface area (Å²) in [7, 11) is 0. The molecule has 5 nitrogen and oxygen atoms in total. The Labute approximate surface area is 145 Å². The van der Waals surface area contributed by atoms with Crippen LogP contribution in [0.1, 0.15) is 15.9 Å². The first-order valence-electron chi connectivity index (χ1n) is 6.88. The number of amides is 1. The predicted octanol–water partition coefficient (Wildman–Crippen LogP) is 3.90. The summed E-state index contributed by atoms with van der Waals surface area (Å²) in [5.74, 6) is -1.11. The summed E-state index contributed by atoms with van der Waals surface area (Å²) < 4.78 is 16.3. The van der Waals surface area contributed by atoms with Crippen LogP contribution in [0.3, 0.4) is 0 Å². The van der Waals surface area contributed by atoms with Crippen LogP contribution in [0.2, 0.25) is 0 Å². The molecule has 0 aliphatic carbocycles. The number of carbonyl (C=O) groups is 1. The Kier molecular flexibility index (Phi) is 4.40. The molecule has 7 heteroatoms. The highest BCUT2D eigenvalue weighted by atomic mass is 79.9. The van der Waals surface area contributed by atoms with Gasteiger partial charge in [0.15, 0.2) is 0 Å². The Morgan fingerprint density at radius 1 is 1.29 bits per heavy atom. The number of aromatic nitrogens is 2. The van der Waals surface area contributed by atoms with Gasteiger partial charge in [0.05, 0.1) is 33.7 Å². The van der Waals surface area contributed by atoms with Gasteiger partial charge >= 0.3 is 0 Å². The van der Waals surface area contributed by atoms with Crippen molar-refractivity contribution < 1.29 is 9.18 Å². The van der Waals surface area contributed by atoms with E-state index in [0.29, 0.717) is 11.3 Å². The van der Waals surface area contributed by atoms with Crippen LogP contribution in [0.15, 0.2) is 59.3 Å². The van der Waals surface area contributed by atoms with E-state index in [4.69, 9.17) is 5.26 Å². The average molecular weight is 385 g/mol. The monoisotopic (exact) mass is 384 g/mol. The number of rotatable bonds is 3. The third kappa shape index (κ3) is 3.34. The van der Waals surface area contributed by atoms with Gasteiger partial charge in [-0.15, -0.1) is 0 Å². The number of carbonyl (C=O) groups excluding carboxylic acids is 1. The minimum absolute atomic E-state index is 0.0197. The first-order chi connectivity index (χ1) is 11.6. The zero-order chi connectivity index (χ0) is 17.1. The molecule has 0 saturated heterocycles. The van der Waals surface area contributed by atoms with Crippen molar-refractivity contribution in [1.29, 1.82) is 5.26 Å². The first kappa shape index (κ1) is 15.9. The van der Waals surface area contributed by atoms with Gasteiger partial charge in [-0.2, -0.15) is 10.4 Å². The highest BCUT2D eigenvalue weighted by Crippen LogP contribution is 2.18. The molecule has 0 atom stereocenters. The normalized spacial score (nSPS) is 10.2. The molecule has 2 aromatic carbocycles. The number of benzene rings is 2. The molecule has 3 rings (SSSR count). The smallest absolute Gasteiger partial charge is 0.255 e. The second-order valence-corrected chi connectivity index (χ2v) is 5.83. The molecule has 1 heterocycles. The third-order valence-corrected chi connectivity index (χ3v) is 3.68. The lowest BCUT2D eigenvalue weighted by atomic mass is 10.1. The minimum atomic E-state index is -0.658. The molecule has 24 heavy (non-hydrogen) atoms. The molecule has 1 aromatic heterocycles. The van der Waals surface area contributed by atoms with E-state index in [1.54, 1.807) is 41.3 Å². The van der Waals surface area contributed by atoms with Crippen molar-refractivity contribution in [2.45, 2.75) is 0 Å². The number of nitrogens with one attached hydrogen (secondary N) is 1. The quantitative estimate of drug-likeness (QED) is 0.744. The SMILES string of the molecule is N#Cc1ccc(NC(=O)c2cccc(-n3cc(Br)cn3)c2)c(F)c1. The maximum atomic E-state index is 13.9. The molecule has 3 aromatic rings. The molecular weight excluding hydrogens is 375 g/mol. The molecule has 0 fully saturated rings. The topological polar surface area (TPSA) is 70.7 Å². The molecule has 118 valence electrons. The van der Waals surface area contributed by atoms with Gasteiger partial charge in [-0.05, 0) is 52.3 Å². The Hall–Kier alpha value is -2.98. The molecule has 1 N–H and O–H groups in total. The van der Waals surface area contributed by atoms with Crippen LogP contribution in [-0.4, -0.2) is 15.7 Å². The highest BCUT2D eigenvalue weighted by Gasteiger charge is 2.11. The maximum absolute atomic E-state index is 13.9. The van der Waals surface area contributed by atoms with Gasteiger partial charge in [-0.1, -0.05) is 6.07 Å². The van der Waals surface area contributed by atoms with Crippen LogP contribution in [0.25, 0.3) is 5.69 Å². The Morgan fingerprint density at radius 2 is 2.12 bits per heavy atom. The van der Waals surface area contributed by atoms with Gasteiger partial charge in [-0.3, -0.25) is 4.79 Å². The fourth-order valence-corrected chi connectivity index (χ4v) is 2.40. The van der Waals surface area contributed by atoms with Crippen molar-refractivity contribution in [3.05, 3.63) is 76.3 Å². The average Bonchev–Trinajstić information content (AvgIpc) is 3.03. The molecule has 0 saturated carbocycles. The largest absolute Gasteiger partial charge is 0.319 e. The number of hydrogen-bond acceptors (Lipinski definition) is 3. The van der Waals surface area contributed by atoms with E-state index >= 15 is 0 Å². The molecular formula is C17H10BrFN4O. The molecule has 0 bridgehead atoms. The number of anilines is 1. The van der Waals surface area contributed by atoms with E-state index in [0.717, 1.165) is 10.5 Å². The Bertz CT molecular complexity index is 961. The molecule has 0 aliphatic rings. The van der Waals surface area contributed by atoms with Crippen molar-refractivity contribution in [2.24, 2.45) is 0 Å². The van der Waals surface area contributed by atoms with Crippen LogP contribution >= 0.6 is 15.9 Å². The summed E-state index contributed by atoms with van der Waals surface area (Å²) >= 11 is 3.31. The summed E-state index contributed by atoms with van der Waals surface area (Å²) in [6.07, 6.45) is 3.40. The lowest BCUT2D eigenvalue weighted by Crippen LogP contribution is -2.13. The van der Waals surface area contributed by atoms with E-state index in [9.17, 15) is 9.18 Å². The van der Waals surface area contributed by atoms with Gasteiger partial charge in [0.25, 0.3) is 5.91 Å². The first-order valence-corrected chi connectivity index (χ1v) is 7.68. The summed E-state index contributed by atoms with van der Waals surface area (Å²) in [6.45, 7) is 0. The zero-order valence-corrected chi connectivity index (χ0v) is 13.8. The summed E-state index contributed by atoms with van der Waals surface area (Å²) in [6, 6.07) is 12.5. The van der Waals surface area contributed by atoms with E-state index in [1.165, 1.54) is 12.1 Å². The minimum Gasteiger partial charge on any atom is -0.319 e. The number of nitrogens with zero attached hydrogens (tertiary/aromatic N) is 3. The molecule has 1 amide bonds. The van der Waals surface area contributed by atoms with E-state index in [1.807, 2.05) is 6.07 Å². The highest BCUT2D eigenvalue weighted by molar-refractivity contribution is 9.10. The predicted molar refractivity (Wildman–Crippen MR) is 90.3 cm³/mol. The number of hydrogen-bond donors (Lipinski definition) is 1. The van der Waals surface area contributed by atoms with Crippen LogP contribution in [-0.2, 0) is 0 Å². The van der Waals surface area contributed by atoms with E-state index < -0.39 is 11.7 Å². The van der Waals surface area contributed by atoms with Gasteiger partial charge < -0.3 is 5.32 Å². The second-order valence-electron chi connectivity index (χ2n) is 4.91. The molecule has 0 aliphatic heterocycles. The van der Waals surface area contributed by atoms with Crippen molar-refractivity contribution in [3.8, 4) is 11.8 Å². The van der Waals surface area contributed by atoms with Gasteiger partial charge in [-0.25, -0.2) is 9.07 Å². The van der Waals surface area contributed by atoms with Crippen molar-refractivity contribution >= 4 is 27.5 Å². The lowest BCUT2D eigenvalue weighted by Gasteiger charge is -2.08. The summed E-state index contributed by atoms with van der Waals surface area (Å²) in [4.78, 5) is 12.3. The molecule has 0 radical (unpaired) electrons. The fraction of sp³-hybridized carbons (Fsp3) is 0. The van der Waals surface area contributed by atoms with E-state index in [2.05, 4.69) is 26.3 Å². The van der Waals surface area contributed by atoms with Crippen molar-refractivity contribution in [2.75, 3.05) is 5.32 Å². The van der Waals surface area contributed by atoms with Crippen LogP contribution < -0.4 is 5.32 Å². The van der Waals surface area contributed by atoms with Gasteiger partial charge in [0, 0.05) is 11.8 Å². The van der Waals surface area contributed by atoms with Crippen molar-refractivity contribution in [1.82, 2.24) is 9.78 Å². The Morgan fingerprint density at radius 3 is 2.79 bits per heavy atom. The Balaban J connectivity index is 1.84. The van der Waals surface area contributed by atoms with Gasteiger partial charge in [0.1, 0.15) is 5.82 Å². The fourth-order valence-electron chi connectivity index (χ4n) is 2.11. The van der Waals surface area contributed by atoms with Crippen LogP contribution in [0, 0.1) is 17.1 Å². The standard InChI is InChI=1S/C17H10BrFN4O/c18-13-9-21-23(10-13)14-3-1-2-12(7-14)17(24)22-16-5-4-11(8-20)6-15(16)19/h1-7,9-10H,(H,22,24). The number of halogens is 2. The summed E-state index contributed by atoms with van der Waals surface area (Å²) in [5.41, 5.74) is 1.28. The van der Waals surface area contributed by atoms with Crippen LogP contribution in [0.5, 0.6) is 0 Å². The van der Waals surface area contributed by atoms with E-state index in [-0.39, 0.29) is 11.3 Å². The van der Waals surface area contributed by atoms with Crippen molar-refractivity contribution in [3.63, 3.8) is 0 Å². The maximum Gasteiger partial charge on any atom is 0.255 e. The lowest BCUT2D eigenvalue weighted by molar-refractivity contribution is 0.102. The third-order valence-electron chi connectivity index (χ3n) is 3.27. The zero-order valence-electron chi connectivity index (χ0n) is 12.2. The number of nitriles is 1. The van der Waals surface area contributed by atoms with Gasteiger partial charge in [0.2, 0.25) is 0 Å².